The number of aliphatic hydroxyl groups is 1. The molecular formula is C13H15N3O2. The van der Waals surface area contributed by atoms with Gasteiger partial charge in [-0.15, -0.1) is 0 Å². The summed E-state index contributed by atoms with van der Waals surface area (Å²) in [5, 5.41) is 23.4. The van der Waals surface area contributed by atoms with E-state index >= 15 is 0 Å². The van der Waals surface area contributed by atoms with E-state index in [4.69, 9.17) is 10.00 Å². The molecule has 0 spiro atoms. The Kier molecular flexibility index (Phi) is 2.78. The Balaban J connectivity index is 1.97. The molecule has 0 amide bonds. The number of piperidine rings is 1. The number of hydrogen-bond donors (Lipinski definition) is 2. The van der Waals surface area contributed by atoms with E-state index in [9.17, 15) is 5.11 Å². The van der Waals surface area contributed by atoms with Crippen LogP contribution in [0.5, 0.6) is 0 Å². The van der Waals surface area contributed by atoms with Gasteiger partial charge in [-0.3, -0.25) is 0 Å². The highest BCUT2D eigenvalue weighted by molar-refractivity contribution is 5.36. The molecule has 2 unspecified atom stereocenters. The lowest BCUT2D eigenvalue weighted by atomic mass is 9.77. The smallest absolute Gasteiger partial charge is 0.146 e. The maximum atomic E-state index is 10.9. The van der Waals surface area contributed by atoms with Crippen molar-refractivity contribution in [1.82, 2.24) is 10.3 Å². The lowest BCUT2D eigenvalue weighted by molar-refractivity contribution is -0.0805. The van der Waals surface area contributed by atoms with E-state index in [2.05, 4.69) is 16.4 Å². The van der Waals surface area contributed by atoms with Crippen LogP contribution in [0.25, 0.3) is 0 Å². The Morgan fingerprint density at radius 3 is 2.83 bits per heavy atom. The number of morpholine rings is 1. The predicted molar refractivity (Wildman–Crippen MR) is 63.6 cm³/mol. The van der Waals surface area contributed by atoms with Crippen LogP contribution in [0.1, 0.15) is 24.1 Å². The number of fused-ring (bicyclic) bond motifs is 2. The van der Waals surface area contributed by atoms with Gasteiger partial charge < -0.3 is 15.2 Å². The van der Waals surface area contributed by atoms with Crippen molar-refractivity contribution in [3.8, 4) is 6.07 Å². The number of hydrogen-bond acceptors (Lipinski definition) is 5. The second kappa shape index (κ2) is 4.32. The van der Waals surface area contributed by atoms with Gasteiger partial charge in [0.1, 0.15) is 11.8 Å². The summed E-state index contributed by atoms with van der Waals surface area (Å²) in [6.45, 7) is 1.22. The van der Waals surface area contributed by atoms with Crippen molar-refractivity contribution in [3.63, 3.8) is 0 Å². The molecule has 0 aromatic carbocycles. The molecule has 94 valence electrons. The third kappa shape index (κ3) is 1.89. The first-order valence-corrected chi connectivity index (χ1v) is 6.13. The second-order valence-corrected chi connectivity index (χ2v) is 5.05. The molecule has 5 heteroatoms. The molecule has 0 radical (unpaired) electrons. The fourth-order valence-electron chi connectivity index (χ4n) is 3.01. The van der Waals surface area contributed by atoms with Gasteiger partial charge >= 0.3 is 0 Å². The van der Waals surface area contributed by atoms with Crippen molar-refractivity contribution in [2.75, 3.05) is 13.2 Å². The number of pyridine rings is 1. The summed E-state index contributed by atoms with van der Waals surface area (Å²) in [5.74, 6) is 0. The molecule has 3 rings (SSSR count). The lowest BCUT2D eigenvalue weighted by Crippen LogP contribution is -2.58. The minimum absolute atomic E-state index is 0.147. The minimum atomic E-state index is -0.969. The van der Waals surface area contributed by atoms with Gasteiger partial charge in [0.25, 0.3) is 0 Å². The summed E-state index contributed by atoms with van der Waals surface area (Å²) in [6.07, 6.45) is 2.70. The first kappa shape index (κ1) is 11.6. The van der Waals surface area contributed by atoms with E-state index in [0.29, 0.717) is 37.3 Å². The van der Waals surface area contributed by atoms with Crippen molar-refractivity contribution in [2.45, 2.75) is 30.5 Å². The molecule has 18 heavy (non-hydrogen) atoms. The average molecular weight is 245 g/mol. The normalized spacial score (nSPS) is 34.9. The number of nitrogens with zero attached hydrogens (tertiary/aromatic N) is 2. The van der Waals surface area contributed by atoms with Crippen LogP contribution in [-0.4, -0.2) is 35.4 Å². The summed E-state index contributed by atoms with van der Waals surface area (Å²) >= 11 is 0. The summed E-state index contributed by atoms with van der Waals surface area (Å²) < 4.78 is 5.47. The number of nitrogens with one attached hydrogen (secondary N) is 1. The SMILES string of the molecule is N#Cc1ncccc1C1(O)CC2COCC(C1)N2. The summed E-state index contributed by atoms with van der Waals surface area (Å²) in [7, 11) is 0. The van der Waals surface area contributed by atoms with Crippen LogP contribution < -0.4 is 5.32 Å². The number of nitriles is 1. The van der Waals surface area contributed by atoms with E-state index < -0.39 is 5.60 Å². The molecule has 1 aromatic heterocycles. The van der Waals surface area contributed by atoms with Crippen molar-refractivity contribution < 1.29 is 9.84 Å². The average Bonchev–Trinajstić information content (AvgIpc) is 2.38. The molecule has 3 heterocycles. The minimum Gasteiger partial charge on any atom is -0.385 e. The maximum Gasteiger partial charge on any atom is 0.146 e. The molecule has 2 aliphatic rings. The van der Waals surface area contributed by atoms with E-state index in [1.165, 1.54) is 0 Å². The first-order valence-electron chi connectivity index (χ1n) is 6.13. The van der Waals surface area contributed by atoms with E-state index in [1.54, 1.807) is 18.3 Å². The van der Waals surface area contributed by atoms with Gasteiger partial charge in [-0.25, -0.2) is 4.98 Å². The fraction of sp³-hybridized carbons (Fsp3) is 0.538. The summed E-state index contributed by atoms with van der Waals surface area (Å²) in [5.41, 5.74) is -0.00394. The van der Waals surface area contributed by atoms with Crippen LogP contribution in [0.15, 0.2) is 18.3 Å². The van der Waals surface area contributed by atoms with Crippen LogP contribution in [0.2, 0.25) is 0 Å². The van der Waals surface area contributed by atoms with E-state index in [0.717, 1.165) is 0 Å². The fourth-order valence-corrected chi connectivity index (χ4v) is 3.01. The second-order valence-electron chi connectivity index (χ2n) is 5.05. The molecule has 2 saturated heterocycles. The van der Waals surface area contributed by atoms with Crippen LogP contribution in [-0.2, 0) is 10.3 Å². The Morgan fingerprint density at radius 2 is 2.17 bits per heavy atom. The van der Waals surface area contributed by atoms with Gasteiger partial charge in [-0.1, -0.05) is 6.07 Å². The zero-order valence-corrected chi connectivity index (χ0v) is 9.97. The number of aromatic nitrogens is 1. The summed E-state index contributed by atoms with van der Waals surface area (Å²) in [4.78, 5) is 4.04. The highest BCUT2D eigenvalue weighted by atomic mass is 16.5. The zero-order chi connectivity index (χ0) is 12.6. The molecule has 1 aromatic rings. The molecule has 2 aliphatic heterocycles. The Morgan fingerprint density at radius 1 is 1.44 bits per heavy atom. The molecular weight excluding hydrogens is 230 g/mol. The zero-order valence-electron chi connectivity index (χ0n) is 9.97. The van der Waals surface area contributed by atoms with E-state index in [1.807, 2.05) is 0 Å². The Bertz CT molecular complexity index is 485. The molecule has 2 bridgehead atoms. The topological polar surface area (TPSA) is 78.2 Å². The van der Waals surface area contributed by atoms with Crippen LogP contribution in [0.3, 0.4) is 0 Å². The molecule has 0 aliphatic carbocycles. The molecule has 2 N–H and O–H groups in total. The van der Waals surface area contributed by atoms with Crippen LogP contribution in [0, 0.1) is 11.3 Å². The maximum absolute atomic E-state index is 10.9. The van der Waals surface area contributed by atoms with Gasteiger partial charge in [-0.2, -0.15) is 5.26 Å². The van der Waals surface area contributed by atoms with Gasteiger partial charge in [0.05, 0.1) is 18.8 Å². The highest BCUT2D eigenvalue weighted by Crippen LogP contribution is 2.37. The summed E-state index contributed by atoms with van der Waals surface area (Å²) in [6, 6.07) is 5.92. The van der Waals surface area contributed by atoms with Gasteiger partial charge in [0.15, 0.2) is 0 Å². The molecule has 2 atom stereocenters. The third-order valence-electron chi connectivity index (χ3n) is 3.69. The van der Waals surface area contributed by atoms with E-state index in [-0.39, 0.29) is 12.1 Å². The van der Waals surface area contributed by atoms with Gasteiger partial charge in [-0.05, 0) is 18.9 Å². The molecule has 0 saturated carbocycles. The van der Waals surface area contributed by atoms with Crippen molar-refractivity contribution >= 4 is 0 Å². The van der Waals surface area contributed by atoms with Crippen molar-refractivity contribution in [3.05, 3.63) is 29.6 Å². The molecule has 5 nitrogen and oxygen atoms in total. The van der Waals surface area contributed by atoms with Crippen molar-refractivity contribution in [2.24, 2.45) is 0 Å². The standard InChI is InChI=1S/C13H15N3O2/c14-6-12-11(2-1-3-15-12)13(17)4-9-7-18-8-10(5-13)16-9/h1-3,9-10,16-17H,4-5,7-8H2. The van der Waals surface area contributed by atoms with Crippen LogP contribution >= 0.6 is 0 Å². The number of ether oxygens (including phenoxy) is 1. The van der Waals surface area contributed by atoms with Gasteiger partial charge in [0, 0.05) is 23.8 Å². The monoisotopic (exact) mass is 245 g/mol. The Hall–Kier alpha value is -1.48. The Labute approximate surface area is 105 Å². The van der Waals surface area contributed by atoms with Gasteiger partial charge in [0.2, 0.25) is 0 Å². The first-order chi connectivity index (χ1) is 8.71. The number of rotatable bonds is 1. The third-order valence-corrected chi connectivity index (χ3v) is 3.69. The van der Waals surface area contributed by atoms with Crippen LogP contribution in [0.4, 0.5) is 0 Å². The highest BCUT2D eigenvalue weighted by Gasteiger charge is 2.43. The van der Waals surface area contributed by atoms with Crippen molar-refractivity contribution in [1.29, 1.82) is 5.26 Å². The molecule has 2 fully saturated rings. The quantitative estimate of drug-likeness (QED) is 0.743. The lowest BCUT2D eigenvalue weighted by Gasteiger charge is -2.45. The predicted octanol–water partition coefficient (Wildman–Crippen LogP) is 0.292. The largest absolute Gasteiger partial charge is 0.385 e.